The lowest BCUT2D eigenvalue weighted by molar-refractivity contribution is -0.145. The van der Waals surface area contributed by atoms with Crippen LogP contribution in [0.1, 0.15) is 140 Å². The Bertz CT molecular complexity index is 1120. The Morgan fingerprint density at radius 1 is 0.875 bits per heavy atom. The van der Waals surface area contributed by atoms with Gasteiger partial charge in [-0.05, 0) is 48.9 Å². The monoisotopic (exact) mass is 693 g/mol. The van der Waals surface area contributed by atoms with Crippen LogP contribution in [0.15, 0.2) is 0 Å². The molecule has 0 aromatic heterocycles. The lowest BCUT2D eigenvalue weighted by atomic mass is 9.75. The maximum atomic E-state index is 14.5. The number of Topliss-reactive ketones (excluding diaryl/α,β-unsaturated/α-hetero) is 1. The summed E-state index contributed by atoms with van der Waals surface area (Å²) in [6.07, 6.45) is 8.13. The second kappa shape index (κ2) is 17.6. The van der Waals surface area contributed by atoms with Crippen molar-refractivity contribution < 1.29 is 24.0 Å². The molecule has 0 bridgehead atoms. The molecule has 4 N–H and O–H groups in total. The predicted octanol–water partition coefficient (Wildman–Crippen LogP) is 5.97. The van der Waals surface area contributed by atoms with E-state index in [1.165, 1.54) is 0 Å². The van der Waals surface area contributed by atoms with E-state index in [4.69, 9.17) is 0 Å². The Kier molecular flexibility index (Phi) is 15.3. The van der Waals surface area contributed by atoms with Crippen LogP contribution in [0.3, 0.4) is 0 Å². The fraction of sp³-hybridized carbons (Fsp3) is 0.865. The van der Waals surface area contributed by atoms with E-state index in [2.05, 4.69) is 62.8 Å². The Labute approximate surface area is 295 Å². The van der Waals surface area contributed by atoms with Crippen LogP contribution in [-0.4, -0.2) is 81.7 Å². The van der Waals surface area contributed by atoms with Crippen molar-refractivity contribution in [1.29, 1.82) is 0 Å². The summed E-state index contributed by atoms with van der Waals surface area (Å²) in [5.74, 6) is -1.51. The molecule has 1 aliphatic carbocycles. The molecule has 2 fully saturated rings. The fourth-order valence-electron chi connectivity index (χ4n) is 6.80. The summed E-state index contributed by atoms with van der Waals surface area (Å²) in [6, 6.07) is -3.08. The molecule has 2 aliphatic rings. The van der Waals surface area contributed by atoms with Crippen LogP contribution in [0, 0.1) is 16.7 Å². The van der Waals surface area contributed by atoms with Crippen LogP contribution < -0.4 is 21.3 Å². The minimum atomic E-state index is -0.979. The highest BCUT2D eigenvalue weighted by Gasteiger charge is 2.50. The SMILES string of the molecule is CCCCC(NC(=O)C1C(C(C)(C)C)CCN1C(=O)[C@@H](NC(=O)NC1(CSC(C)(C)C)CCCCC1)C(C)(C)C)C(=O)C(=O)NCCC. The zero-order chi connectivity index (χ0) is 36.5. The van der Waals surface area contributed by atoms with Gasteiger partial charge in [0, 0.05) is 23.6 Å². The first-order chi connectivity index (χ1) is 22.2. The molecule has 1 aliphatic heterocycles. The van der Waals surface area contributed by atoms with Gasteiger partial charge in [0.1, 0.15) is 12.1 Å². The third-order valence-electron chi connectivity index (χ3n) is 9.66. The largest absolute Gasteiger partial charge is 0.349 e. The average molecular weight is 694 g/mol. The zero-order valence-corrected chi connectivity index (χ0v) is 32.7. The second-order valence-corrected chi connectivity index (χ2v) is 19.0. The number of amides is 5. The van der Waals surface area contributed by atoms with Crippen molar-refractivity contribution in [1.82, 2.24) is 26.2 Å². The zero-order valence-electron chi connectivity index (χ0n) is 31.9. The van der Waals surface area contributed by atoms with Crippen LogP contribution in [0.4, 0.5) is 4.79 Å². The Morgan fingerprint density at radius 3 is 2.02 bits per heavy atom. The molecule has 5 amide bonds. The number of hydrogen-bond acceptors (Lipinski definition) is 6. The summed E-state index contributed by atoms with van der Waals surface area (Å²) in [4.78, 5) is 69.9. The number of likely N-dealkylation sites (tertiary alicyclic amines) is 1. The van der Waals surface area contributed by atoms with E-state index in [9.17, 15) is 24.0 Å². The minimum absolute atomic E-state index is 0.0565. The molecule has 4 atom stereocenters. The van der Waals surface area contributed by atoms with E-state index < -0.39 is 41.1 Å². The molecule has 2 rings (SSSR count). The number of carbonyl (C=O) groups excluding carboxylic acids is 5. The van der Waals surface area contributed by atoms with Gasteiger partial charge < -0.3 is 26.2 Å². The van der Waals surface area contributed by atoms with Gasteiger partial charge in [-0.15, -0.1) is 0 Å². The Balaban J connectivity index is 2.37. The number of urea groups is 1. The van der Waals surface area contributed by atoms with Gasteiger partial charge in [0.15, 0.2) is 0 Å². The third kappa shape index (κ3) is 12.2. The molecule has 48 heavy (non-hydrogen) atoms. The number of thioether (sulfide) groups is 1. The van der Waals surface area contributed by atoms with Crippen LogP contribution in [0.25, 0.3) is 0 Å². The summed E-state index contributed by atoms with van der Waals surface area (Å²) in [6.45, 7) is 23.1. The van der Waals surface area contributed by atoms with E-state index in [-0.39, 0.29) is 33.6 Å². The second-order valence-electron chi connectivity index (χ2n) is 17.2. The van der Waals surface area contributed by atoms with Gasteiger partial charge in [0.2, 0.25) is 17.6 Å². The third-order valence-corrected chi connectivity index (χ3v) is 11.2. The van der Waals surface area contributed by atoms with Crippen molar-refractivity contribution in [3.63, 3.8) is 0 Å². The van der Waals surface area contributed by atoms with Gasteiger partial charge in [-0.1, -0.05) is 108 Å². The molecule has 0 aromatic rings. The number of nitrogens with zero attached hydrogens (tertiary/aromatic N) is 1. The minimum Gasteiger partial charge on any atom is -0.349 e. The van der Waals surface area contributed by atoms with Gasteiger partial charge in [-0.2, -0.15) is 11.8 Å². The van der Waals surface area contributed by atoms with E-state index in [1.54, 1.807) is 4.90 Å². The summed E-state index contributed by atoms with van der Waals surface area (Å²) < 4.78 is 0.0565. The van der Waals surface area contributed by atoms with Crippen LogP contribution >= 0.6 is 11.8 Å². The average Bonchev–Trinajstić information content (AvgIpc) is 3.45. The highest BCUT2D eigenvalue weighted by atomic mass is 32.2. The number of nitrogens with one attached hydrogen (secondary N) is 4. The number of hydrogen-bond donors (Lipinski definition) is 4. The van der Waals surface area contributed by atoms with Crippen LogP contribution in [0.2, 0.25) is 0 Å². The number of rotatable bonds is 14. The molecule has 0 radical (unpaired) electrons. The lowest BCUT2D eigenvalue weighted by Gasteiger charge is -2.41. The predicted molar refractivity (Wildman–Crippen MR) is 196 cm³/mol. The molecule has 0 aromatic carbocycles. The summed E-state index contributed by atoms with van der Waals surface area (Å²) >= 11 is 1.84. The number of carbonyl (C=O) groups is 5. The van der Waals surface area contributed by atoms with E-state index in [0.29, 0.717) is 38.8 Å². The smallest absolute Gasteiger partial charge is 0.315 e. The molecule has 0 spiro atoms. The van der Waals surface area contributed by atoms with Crippen molar-refractivity contribution in [2.24, 2.45) is 16.7 Å². The van der Waals surface area contributed by atoms with Crippen LogP contribution in [0.5, 0.6) is 0 Å². The molecule has 1 heterocycles. The van der Waals surface area contributed by atoms with Crippen molar-refractivity contribution in [3.8, 4) is 0 Å². The summed E-state index contributed by atoms with van der Waals surface area (Å²) in [5.41, 5.74) is -1.31. The van der Waals surface area contributed by atoms with E-state index in [0.717, 1.165) is 44.3 Å². The van der Waals surface area contributed by atoms with E-state index in [1.807, 2.05) is 46.4 Å². The normalized spacial score (nSPS) is 21.2. The topological polar surface area (TPSA) is 137 Å². The van der Waals surface area contributed by atoms with Crippen molar-refractivity contribution in [2.75, 3.05) is 18.8 Å². The van der Waals surface area contributed by atoms with Crippen molar-refractivity contribution >= 4 is 41.3 Å². The van der Waals surface area contributed by atoms with Gasteiger partial charge in [-0.25, -0.2) is 4.79 Å². The molecule has 11 heteroatoms. The molecule has 3 unspecified atom stereocenters. The maximum Gasteiger partial charge on any atom is 0.315 e. The highest BCUT2D eigenvalue weighted by Crippen LogP contribution is 2.40. The van der Waals surface area contributed by atoms with Gasteiger partial charge in [0.05, 0.1) is 11.6 Å². The fourth-order valence-corrected chi connectivity index (χ4v) is 7.87. The van der Waals surface area contributed by atoms with Gasteiger partial charge in [-0.3, -0.25) is 19.2 Å². The standard InChI is InChI=1S/C37H67N5O5S/c1-12-14-18-26(28(43)31(45)38-22-13-2)39-30(44)27-25(34(3,4)5)19-23-42(27)32(46)29(35(6,7)8)40-33(47)41-37(20-16-15-17-21-37)24-48-36(9,10)11/h25-27,29H,12-24H2,1-11H3,(H,38,45)(H,39,44)(H2,40,41,47)/t25?,26?,27?,29-/m1/s1. The van der Waals surface area contributed by atoms with Gasteiger partial charge >= 0.3 is 6.03 Å². The summed E-state index contributed by atoms with van der Waals surface area (Å²) in [5, 5.41) is 11.9. The first-order valence-corrected chi connectivity index (χ1v) is 19.3. The maximum absolute atomic E-state index is 14.5. The molecule has 276 valence electrons. The van der Waals surface area contributed by atoms with E-state index >= 15 is 0 Å². The lowest BCUT2D eigenvalue weighted by Crippen LogP contribution is -2.63. The molecule has 10 nitrogen and oxygen atoms in total. The summed E-state index contributed by atoms with van der Waals surface area (Å²) in [7, 11) is 0. The molecular weight excluding hydrogens is 627 g/mol. The van der Waals surface area contributed by atoms with Gasteiger partial charge in [0.25, 0.3) is 5.91 Å². The Morgan fingerprint density at radius 2 is 1.50 bits per heavy atom. The molecule has 1 saturated carbocycles. The first-order valence-electron chi connectivity index (χ1n) is 18.3. The Hall–Kier alpha value is -2.30. The van der Waals surface area contributed by atoms with Crippen LogP contribution in [-0.2, 0) is 19.2 Å². The van der Waals surface area contributed by atoms with Crippen molar-refractivity contribution in [3.05, 3.63) is 0 Å². The number of ketones is 1. The molecule has 1 saturated heterocycles. The molecular formula is C37H67N5O5S. The van der Waals surface area contributed by atoms with Crippen molar-refractivity contribution in [2.45, 2.75) is 169 Å². The first kappa shape index (κ1) is 41.9. The highest BCUT2D eigenvalue weighted by molar-refractivity contribution is 8.00. The quantitative estimate of drug-likeness (QED) is 0.166. The number of unbranched alkanes of at least 4 members (excludes halogenated alkanes) is 1.